The van der Waals surface area contributed by atoms with Gasteiger partial charge in [0.25, 0.3) is 0 Å². The van der Waals surface area contributed by atoms with Gasteiger partial charge in [0.1, 0.15) is 5.69 Å². The Balaban J connectivity index is 1.46. The molecule has 0 saturated heterocycles. The van der Waals surface area contributed by atoms with Crippen molar-refractivity contribution in [2.24, 2.45) is 17.3 Å². The van der Waals surface area contributed by atoms with Gasteiger partial charge in [0.2, 0.25) is 5.91 Å². The molecule has 1 aliphatic carbocycles. The van der Waals surface area contributed by atoms with Gasteiger partial charge in [0, 0.05) is 17.4 Å². The molecular weight excluding hydrogens is 358 g/mol. The van der Waals surface area contributed by atoms with E-state index < -0.39 is 23.2 Å². The normalized spacial score (nSPS) is 19.8. The maximum atomic E-state index is 12.4. The number of carbonyl (C=O) groups excluding carboxylic acids is 1. The summed E-state index contributed by atoms with van der Waals surface area (Å²) in [5.74, 6) is -1.30. The molecule has 3 N–H and O–H groups in total. The molecule has 0 unspecified atom stereocenters. The minimum Gasteiger partial charge on any atom is -0.481 e. The predicted octanol–water partition coefficient (Wildman–Crippen LogP) is 2.83. The molecule has 3 aromatic rings. The van der Waals surface area contributed by atoms with Crippen LogP contribution in [0, 0.1) is 17.3 Å². The van der Waals surface area contributed by atoms with Crippen molar-refractivity contribution in [3.8, 4) is 22.9 Å². The summed E-state index contributed by atoms with van der Waals surface area (Å²) in [7, 11) is 0. The average Bonchev–Trinajstić information content (AvgIpc) is 3.03. The van der Waals surface area contributed by atoms with E-state index in [0.29, 0.717) is 23.0 Å². The zero-order valence-corrected chi connectivity index (χ0v) is 15.4. The zero-order valence-electron chi connectivity index (χ0n) is 15.4. The second-order valence-electron chi connectivity index (χ2n) is 7.40. The molecule has 8 nitrogen and oxygen atoms in total. The summed E-state index contributed by atoms with van der Waals surface area (Å²) in [6, 6.07) is 12.6. The second-order valence-corrected chi connectivity index (χ2v) is 7.40. The van der Waals surface area contributed by atoms with Crippen LogP contribution in [0.1, 0.15) is 13.8 Å². The Hall–Kier alpha value is -3.55. The van der Waals surface area contributed by atoms with Gasteiger partial charge in [-0.2, -0.15) is 5.10 Å². The van der Waals surface area contributed by atoms with E-state index in [1.54, 1.807) is 44.3 Å². The highest BCUT2D eigenvalue weighted by molar-refractivity contribution is 5.99. The molecule has 1 saturated carbocycles. The molecule has 2 aromatic heterocycles. The summed E-state index contributed by atoms with van der Waals surface area (Å²) in [6.45, 7) is 3.59. The Morgan fingerprint density at radius 1 is 1.11 bits per heavy atom. The number of benzene rings is 1. The number of aliphatic carboxylic acids is 1. The summed E-state index contributed by atoms with van der Waals surface area (Å²) in [5.41, 5.74) is 1.55. The number of carboxylic acids is 1. The van der Waals surface area contributed by atoms with Crippen LogP contribution >= 0.6 is 0 Å². The summed E-state index contributed by atoms with van der Waals surface area (Å²) in [5, 5.41) is 19.1. The lowest BCUT2D eigenvalue weighted by Gasteiger charge is -2.06. The number of pyridine rings is 1. The smallest absolute Gasteiger partial charge is 0.307 e. The van der Waals surface area contributed by atoms with Crippen LogP contribution in [0.15, 0.2) is 48.7 Å². The van der Waals surface area contributed by atoms with Crippen molar-refractivity contribution in [2.75, 3.05) is 5.32 Å². The SMILES string of the molecule is CC1(C)[C@@H](C(=O)O)[C@@H]1C(=O)Nc1ccc(-c2n[nH]c(-c3ccccn3)n2)cc1. The summed E-state index contributed by atoms with van der Waals surface area (Å²) >= 11 is 0. The molecule has 4 rings (SSSR count). The van der Waals surface area contributed by atoms with E-state index in [9.17, 15) is 14.7 Å². The monoisotopic (exact) mass is 377 g/mol. The van der Waals surface area contributed by atoms with Gasteiger partial charge >= 0.3 is 5.97 Å². The summed E-state index contributed by atoms with van der Waals surface area (Å²) in [4.78, 5) is 32.3. The molecular formula is C20H19N5O3. The van der Waals surface area contributed by atoms with Gasteiger partial charge < -0.3 is 10.4 Å². The highest BCUT2D eigenvalue weighted by Gasteiger charge is 2.65. The Morgan fingerprint density at radius 3 is 2.46 bits per heavy atom. The Kier molecular flexibility index (Phi) is 4.18. The number of amides is 1. The quantitative estimate of drug-likeness (QED) is 0.629. The molecule has 2 atom stereocenters. The van der Waals surface area contributed by atoms with Gasteiger partial charge in [-0.15, -0.1) is 0 Å². The van der Waals surface area contributed by atoms with Crippen LogP contribution in [0.25, 0.3) is 22.9 Å². The van der Waals surface area contributed by atoms with Gasteiger partial charge in [0.15, 0.2) is 11.6 Å². The van der Waals surface area contributed by atoms with Crippen molar-refractivity contribution >= 4 is 17.6 Å². The molecule has 1 amide bonds. The van der Waals surface area contributed by atoms with Gasteiger partial charge in [0.05, 0.1) is 11.8 Å². The fourth-order valence-electron chi connectivity index (χ4n) is 3.52. The van der Waals surface area contributed by atoms with Crippen LogP contribution < -0.4 is 5.32 Å². The average molecular weight is 377 g/mol. The first-order chi connectivity index (χ1) is 13.4. The molecule has 1 aliphatic rings. The van der Waals surface area contributed by atoms with E-state index in [2.05, 4.69) is 25.5 Å². The lowest BCUT2D eigenvalue weighted by atomic mass is 10.1. The van der Waals surface area contributed by atoms with Crippen LogP contribution in [0.4, 0.5) is 5.69 Å². The predicted molar refractivity (Wildman–Crippen MR) is 102 cm³/mol. The number of nitrogens with zero attached hydrogens (tertiary/aromatic N) is 3. The van der Waals surface area contributed by atoms with E-state index in [4.69, 9.17) is 0 Å². The first-order valence-corrected chi connectivity index (χ1v) is 8.86. The Labute approximate surface area is 161 Å². The molecule has 0 radical (unpaired) electrons. The van der Waals surface area contributed by atoms with E-state index in [1.807, 2.05) is 18.2 Å². The largest absolute Gasteiger partial charge is 0.481 e. The third kappa shape index (κ3) is 3.13. The lowest BCUT2D eigenvalue weighted by Crippen LogP contribution is -2.17. The first-order valence-electron chi connectivity index (χ1n) is 8.86. The third-order valence-electron chi connectivity index (χ3n) is 5.18. The maximum Gasteiger partial charge on any atom is 0.307 e. The molecule has 2 heterocycles. The standard InChI is InChI=1S/C20H19N5O3/c1-20(2)14(15(20)19(27)28)18(26)22-12-8-6-11(7-9-12)16-23-17(25-24-16)13-5-3-4-10-21-13/h3-10,14-15H,1-2H3,(H,22,26)(H,27,28)(H,23,24,25)/t14-,15-/m1/s1. The number of rotatable bonds is 5. The summed E-state index contributed by atoms with van der Waals surface area (Å²) in [6.07, 6.45) is 1.69. The van der Waals surface area contributed by atoms with E-state index in [-0.39, 0.29) is 5.91 Å². The fourth-order valence-corrected chi connectivity index (χ4v) is 3.52. The van der Waals surface area contributed by atoms with Gasteiger partial charge in [-0.05, 0) is 41.8 Å². The number of hydrogen-bond acceptors (Lipinski definition) is 5. The number of carboxylic acid groups (broad SMARTS) is 1. The lowest BCUT2D eigenvalue weighted by molar-refractivity contribution is -0.140. The van der Waals surface area contributed by atoms with Gasteiger partial charge in [-0.25, -0.2) is 4.98 Å². The molecule has 8 heteroatoms. The Bertz CT molecular complexity index is 1030. The molecule has 1 fully saturated rings. The van der Waals surface area contributed by atoms with Crippen LogP contribution in [-0.2, 0) is 9.59 Å². The van der Waals surface area contributed by atoms with E-state index in [0.717, 1.165) is 5.56 Å². The number of aromatic amines is 1. The fraction of sp³-hybridized carbons (Fsp3) is 0.250. The topological polar surface area (TPSA) is 121 Å². The highest BCUT2D eigenvalue weighted by atomic mass is 16.4. The Morgan fingerprint density at radius 2 is 1.86 bits per heavy atom. The minimum atomic E-state index is -0.936. The molecule has 0 bridgehead atoms. The molecule has 1 aromatic carbocycles. The number of carbonyl (C=O) groups is 2. The molecule has 0 spiro atoms. The molecule has 28 heavy (non-hydrogen) atoms. The van der Waals surface area contributed by atoms with Crippen molar-refractivity contribution < 1.29 is 14.7 Å². The second kappa shape index (κ2) is 6.56. The van der Waals surface area contributed by atoms with Crippen molar-refractivity contribution in [1.29, 1.82) is 0 Å². The number of aromatic nitrogens is 4. The van der Waals surface area contributed by atoms with Crippen LogP contribution in [0.5, 0.6) is 0 Å². The third-order valence-corrected chi connectivity index (χ3v) is 5.18. The maximum absolute atomic E-state index is 12.4. The number of H-pyrrole nitrogens is 1. The number of hydrogen-bond donors (Lipinski definition) is 3. The minimum absolute atomic E-state index is 0.277. The zero-order chi connectivity index (χ0) is 19.9. The van der Waals surface area contributed by atoms with Crippen molar-refractivity contribution in [2.45, 2.75) is 13.8 Å². The number of nitrogens with one attached hydrogen (secondary N) is 2. The summed E-state index contributed by atoms with van der Waals surface area (Å²) < 4.78 is 0. The van der Waals surface area contributed by atoms with Gasteiger partial charge in [-0.3, -0.25) is 19.7 Å². The van der Waals surface area contributed by atoms with Crippen molar-refractivity contribution in [3.05, 3.63) is 48.7 Å². The molecule has 0 aliphatic heterocycles. The van der Waals surface area contributed by atoms with E-state index in [1.165, 1.54) is 0 Å². The van der Waals surface area contributed by atoms with E-state index >= 15 is 0 Å². The van der Waals surface area contributed by atoms with Crippen LogP contribution in [0.2, 0.25) is 0 Å². The van der Waals surface area contributed by atoms with Crippen molar-refractivity contribution in [1.82, 2.24) is 20.2 Å². The van der Waals surface area contributed by atoms with Crippen molar-refractivity contribution in [3.63, 3.8) is 0 Å². The van der Waals surface area contributed by atoms with Gasteiger partial charge in [-0.1, -0.05) is 19.9 Å². The highest BCUT2D eigenvalue weighted by Crippen LogP contribution is 2.58. The number of anilines is 1. The first kappa shape index (κ1) is 17.8. The molecule has 142 valence electrons. The van der Waals surface area contributed by atoms with Crippen LogP contribution in [-0.4, -0.2) is 37.1 Å². The van der Waals surface area contributed by atoms with Crippen LogP contribution in [0.3, 0.4) is 0 Å².